The van der Waals surface area contributed by atoms with Gasteiger partial charge in [0.05, 0.1) is 18.5 Å². The first-order chi connectivity index (χ1) is 10.4. The lowest BCUT2D eigenvalue weighted by Crippen LogP contribution is -2.51. The van der Waals surface area contributed by atoms with E-state index in [1.807, 2.05) is 22.9 Å². The Morgan fingerprint density at radius 2 is 2.05 bits per heavy atom. The predicted molar refractivity (Wildman–Crippen MR) is 83.9 cm³/mol. The van der Waals surface area contributed by atoms with Crippen LogP contribution in [0.15, 0.2) is 43.0 Å². The van der Waals surface area contributed by atoms with E-state index in [4.69, 9.17) is 0 Å². The predicted octanol–water partition coefficient (Wildman–Crippen LogP) is 3.75. The smallest absolute Gasteiger partial charge is 0.123 e. The van der Waals surface area contributed by atoms with Gasteiger partial charge < -0.3 is 9.67 Å². The average Bonchev–Trinajstić information content (AvgIpc) is 2.96. The molecule has 3 nitrogen and oxygen atoms in total. The standard InChI is InChI=1S/C18H23FN2O/c1-17(2)8-7-15(14-3-5-16(19)6-4-14)11-18(17,22)12-21-10-9-20-13-21/h3-6,9-10,13,15,22H,7-8,11-12H2,1-2H3. The van der Waals surface area contributed by atoms with Crippen LogP contribution in [0.5, 0.6) is 0 Å². The molecule has 0 saturated heterocycles. The summed E-state index contributed by atoms with van der Waals surface area (Å²) in [5, 5.41) is 11.3. The first kappa shape index (κ1) is 15.2. The minimum Gasteiger partial charge on any atom is -0.387 e. The normalized spacial score (nSPS) is 27.7. The molecule has 0 radical (unpaired) electrons. The lowest BCUT2D eigenvalue weighted by atomic mass is 9.61. The highest BCUT2D eigenvalue weighted by Gasteiger charge is 2.48. The van der Waals surface area contributed by atoms with Gasteiger partial charge in [0.25, 0.3) is 0 Å². The Balaban J connectivity index is 1.84. The van der Waals surface area contributed by atoms with Crippen molar-refractivity contribution >= 4 is 0 Å². The van der Waals surface area contributed by atoms with Crippen LogP contribution in [0, 0.1) is 11.2 Å². The molecule has 3 rings (SSSR count). The van der Waals surface area contributed by atoms with E-state index in [1.165, 1.54) is 12.1 Å². The minimum atomic E-state index is -0.801. The first-order valence-electron chi connectivity index (χ1n) is 7.83. The molecule has 1 aromatic carbocycles. The maximum atomic E-state index is 13.1. The molecule has 22 heavy (non-hydrogen) atoms. The van der Waals surface area contributed by atoms with E-state index in [2.05, 4.69) is 18.8 Å². The third-order valence-electron chi connectivity index (χ3n) is 5.31. The summed E-state index contributed by atoms with van der Waals surface area (Å²) in [6.45, 7) is 4.80. The fraction of sp³-hybridized carbons (Fsp3) is 0.500. The molecule has 0 bridgehead atoms. The van der Waals surface area contributed by atoms with Gasteiger partial charge in [0, 0.05) is 12.4 Å². The lowest BCUT2D eigenvalue weighted by molar-refractivity contribution is -0.114. The van der Waals surface area contributed by atoms with Crippen molar-refractivity contribution in [2.24, 2.45) is 5.41 Å². The lowest BCUT2D eigenvalue weighted by Gasteiger charge is -2.49. The maximum absolute atomic E-state index is 13.1. The van der Waals surface area contributed by atoms with Gasteiger partial charge in [0.1, 0.15) is 5.82 Å². The van der Waals surface area contributed by atoms with Crippen LogP contribution in [0.1, 0.15) is 44.6 Å². The van der Waals surface area contributed by atoms with Crippen molar-refractivity contribution < 1.29 is 9.50 Å². The summed E-state index contributed by atoms with van der Waals surface area (Å²) in [5.74, 6) is 0.0516. The van der Waals surface area contributed by atoms with Crippen LogP contribution < -0.4 is 0 Å². The van der Waals surface area contributed by atoms with Gasteiger partial charge in [-0.3, -0.25) is 0 Å². The summed E-state index contributed by atoms with van der Waals surface area (Å²) >= 11 is 0. The van der Waals surface area contributed by atoms with E-state index >= 15 is 0 Å². The highest BCUT2D eigenvalue weighted by Crippen LogP contribution is 2.49. The zero-order valence-electron chi connectivity index (χ0n) is 13.2. The SMILES string of the molecule is CC1(C)CCC(c2ccc(F)cc2)CC1(O)Cn1ccnc1. The van der Waals surface area contributed by atoms with Crippen molar-refractivity contribution in [1.82, 2.24) is 9.55 Å². The second-order valence-corrected chi connectivity index (χ2v) is 7.14. The van der Waals surface area contributed by atoms with Gasteiger partial charge in [0.15, 0.2) is 0 Å². The first-order valence-corrected chi connectivity index (χ1v) is 7.83. The Morgan fingerprint density at radius 1 is 1.32 bits per heavy atom. The Kier molecular flexibility index (Phi) is 3.81. The molecular weight excluding hydrogens is 279 g/mol. The number of imidazole rings is 1. The summed E-state index contributed by atoms with van der Waals surface area (Å²) in [7, 11) is 0. The van der Waals surface area contributed by atoms with Gasteiger partial charge in [0.2, 0.25) is 0 Å². The summed E-state index contributed by atoms with van der Waals surface area (Å²) in [6, 6.07) is 6.69. The quantitative estimate of drug-likeness (QED) is 0.937. The second kappa shape index (κ2) is 5.51. The van der Waals surface area contributed by atoms with Crippen LogP contribution in [0.25, 0.3) is 0 Å². The number of hydrogen-bond acceptors (Lipinski definition) is 2. The summed E-state index contributed by atoms with van der Waals surface area (Å²) < 4.78 is 15.1. The van der Waals surface area contributed by atoms with Crippen molar-refractivity contribution in [2.45, 2.75) is 51.2 Å². The van der Waals surface area contributed by atoms with Crippen molar-refractivity contribution in [3.8, 4) is 0 Å². The zero-order valence-corrected chi connectivity index (χ0v) is 13.2. The van der Waals surface area contributed by atoms with Crippen LogP contribution >= 0.6 is 0 Å². The van der Waals surface area contributed by atoms with E-state index in [0.29, 0.717) is 13.0 Å². The molecule has 1 fully saturated rings. The topological polar surface area (TPSA) is 38.0 Å². The van der Waals surface area contributed by atoms with E-state index in [-0.39, 0.29) is 17.2 Å². The summed E-state index contributed by atoms with van der Waals surface area (Å²) in [5.41, 5.74) is 0.152. The molecule has 1 saturated carbocycles. The van der Waals surface area contributed by atoms with E-state index in [1.54, 1.807) is 12.5 Å². The van der Waals surface area contributed by atoms with Crippen LogP contribution in [0.2, 0.25) is 0 Å². The Morgan fingerprint density at radius 3 is 2.68 bits per heavy atom. The number of aliphatic hydroxyl groups is 1. The summed E-state index contributed by atoms with van der Waals surface area (Å²) in [4.78, 5) is 4.06. The number of nitrogens with zero attached hydrogens (tertiary/aromatic N) is 2. The second-order valence-electron chi connectivity index (χ2n) is 7.14. The van der Waals surface area contributed by atoms with Gasteiger partial charge in [-0.15, -0.1) is 0 Å². The van der Waals surface area contributed by atoms with Gasteiger partial charge in [-0.25, -0.2) is 9.37 Å². The average molecular weight is 302 g/mol. The Hall–Kier alpha value is -1.68. The molecule has 2 atom stereocenters. The van der Waals surface area contributed by atoms with Crippen LogP contribution in [-0.4, -0.2) is 20.3 Å². The van der Waals surface area contributed by atoms with E-state index in [9.17, 15) is 9.50 Å². The van der Waals surface area contributed by atoms with Gasteiger partial charge >= 0.3 is 0 Å². The van der Waals surface area contributed by atoms with Crippen LogP contribution in [0.4, 0.5) is 4.39 Å². The molecule has 0 spiro atoms. The maximum Gasteiger partial charge on any atom is 0.123 e. The summed E-state index contributed by atoms with van der Waals surface area (Å²) in [6.07, 6.45) is 8.01. The van der Waals surface area contributed by atoms with Gasteiger partial charge in [-0.1, -0.05) is 26.0 Å². The number of rotatable bonds is 3. The number of benzene rings is 1. The van der Waals surface area contributed by atoms with Crippen LogP contribution in [-0.2, 0) is 6.54 Å². The molecule has 2 unspecified atom stereocenters. The van der Waals surface area contributed by atoms with E-state index < -0.39 is 5.60 Å². The number of halogens is 1. The fourth-order valence-corrected chi connectivity index (χ4v) is 3.53. The zero-order chi connectivity index (χ0) is 15.8. The number of aromatic nitrogens is 2. The monoisotopic (exact) mass is 302 g/mol. The molecule has 1 aliphatic rings. The molecule has 0 aliphatic heterocycles. The third kappa shape index (κ3) is 2.80. The molecule has 1 N–H and O–H groups in total. The van der Waals surface area contributed by atoms with Crippen molar-refractivity contribution in [3.63, 3.8) is 0 Å². The molecule has 4 heteroatoms. The fourth-order valence-electron chi connectivity index (χ4n) is 3.53. The van der Waals surface area contributed by atoms with Gasteiger partial charge in [-0.05, 0) is 48.3 Å². The number of hydrogen-bond donors (Lipinski definition) is 1. The highest BCUT2D eigenvalue weighted by molar-refractivity contribution is 5.22. The van der Waals surface area contributed by atoms with Gasteiger partial charge in [-0.2, -0.15) is 0 Å². The Bertz CT molecular complexity index is 621. The van der Waals surface area contributed by atoms with Crippen LogP contribution in [0.3, 0.4) is 0 Å². The molecule has 1 aromatic heterocycles. The molecule has 0 amide bonds. The van der Waals surface area contributed by atoms with E-state index in [0.717, 1.165) is 18.4 Å². The Labute approximate surface area is 130 Å². The molecule has 1 heterocycles. The largest absolute Gasteiger partial charge is 0.387 e. The molecular formula is C18H23FN2O. The minimum absolute atomic E-state index is 0.159. The molecule has 118 valence electrons. The van der Waals surface area contributed by atoms with Crippen molar-refractivity contribution in [2.75, 3.05) is 0 Å². The molecule has 2 aromatic rings. The molecule has 1 aliphatic carbocycles. The third-order valence-corrected chi connectivity index (χ3v) is 5.31. The van der Waals surface area contributed by atoms with Crippen molar-refractivity contribution in [1.29, 1.82) is 0 Å². The van der Waals surface area contributed by atoms with Crippen molar-refractivity contribution in [3.05, 3.63) is 54.4 Å². The highest BCUT2D eigenvalue weighted by atomic mass is 19.1.